The van der Waals surface area contributed by atoms with Gasteiger partial charge in [-0.25, -0.2) is 0 Å². The lowest BCUT2D eigenvalue weighted by Gasteiger charge is -1.91. The summed E-state index contributed by atoms with van der Waals surface area (Å²) in [5, 5.41) is 8.45. The molecular weight excluding hydrogens is 148 g/mol. The molecule has 0 aliphatic heterocycles. The molecule has 0 aromatic heterocycles. The molecule has 1 nitrogen and oxygen atoms in total. The van der Waals surface area contributed by atoms with E-state index in [2.05, 4.69) is 12.7 Å². The zero-order chi connectivity index (χ0) is 8.81. The summed E-state index contributed by atoms with van der Waals surface area (Å²) in [6.07, 6.45) is 3.43. The third-order valence-corrected chi connectivity index (χ3v) is 1.54. The van der Waals surface area contributed by atoms with E-state index in [1.165, 1.54) is 5.56 Å². The van der Waals surface area contributed by atoms with Gasteiger partial charge in [-0.2, -0.15) is 0 Å². The van der Waals surface area contributed by atoms with E-state index in [1.807, 2.05) is 30.3 Å². The molecule has 1 rings (SSSR count). The summed E-state index contributed by atoms with van der Waals surface area (Å²) in [5.74, 6) is 0. The normalized spacial score (nSPS) is 8.83. The van der Waals surface area contributed by atoms with Crippen LogP contribution < -0.4 is 0 Å². The zero-order valence-corrected chi connectivity index (χ0v) is 7.12. The summed E-state index contributed by atoms with van der Waals surface area (Å²) in [5.41, 5.74) is 5.22. The number of aliphatic hydroxyl groups excluding tert-OH is 1. The maximum absolute atomic E-state index is 8.45. The molecule has 0 aliphatic carbocycles. The summed E-state index contributed by atoms with van der Waals surface area (Å²) in [4.78, 5) is 0. The lowest BCUT2D eigenvalue weighted by atomic mass is 10.1. The molecule has 12 heavy (non-hydrogen) atoms. The highest BCUT2D eigenvalue weighted by molar-refractivity contribution is 5.48. The van der Waals surface area contributed by atoms with Crippen molar-refractivity contribution in [1.29, 1.82) is 0 Å². The van der Waals surface area contributed by atoms with Crippen LogP contribution in [0.3, 0.4) is 0 Å². The van der Waals surface area contributed by atoms with Crippen LogP contribution in [-0.2, 0) is 0 Å². The number of rotatable bonds is 2. The highest BCUT2D eigenvalue weighted by Gasteiger charge is 1.83. The first kappa shape index (κ1) is 8.79. The van der Waals surface area contributed by atoms with Crippen LogP contribution in [0.25, 0.3) is 6.08 Å². The molecule has 0 saturated carbocycles. The Morgan fingerprint density at radius 1 is 1.33 bits per heavy atom. The summed E-state index contributed by atoms with van der Waals surface area (Å²) >= 11 is 0. The fraction of sp³-hybridized carbons (Fsp3) is 0.182. The lowest BCUT2D eigenvalue weighted by molar-refractivity contribution is 0.343. The van der Waals surface area contributed by atoms with Gasteiger partial charge in [0.05, 0.1) is 6.61 Å². The average Bonchev–Trinajstić information content (AvgIpc) is 2.09. The number of hydrogen-bond acceptors (Lipinski definition) is 1. The molecule has 0 atom stereocenters. The van der Waals surface area contributed by atoms with Gasteiger partial charge in [0.15, 0.2) is 0 Å². The lowest BCUT2D eigenvalue weighted by Crippen LogP contribution is -1.72. The van der Waals surface area contributed by atoms with Gasteiger partial charge >= 0.3 is 0 Å². The Balaban J connectivity index is 2.77. The molecule has 0 bridgehead atoms. The summed E-state index contributed by atoms with van der Waals surface area (Å²) in [6.45, 7) is 2.10. The van der Waals surface area contributed by atoms with Crippen LogP contribution in [0.15, 0.2) is 36.1 Å². The van der Waals surface area contributed by atoms with Gasteiger partial charge < -0.3 is 5.11 Å². The highest BCUT2D eigenvalue weighted by atomic mass is 16.2. The Kier molecular flexibility index (Phi) is 3.34. The standard InChI is InChI=1S/C11H12O/c1-10-5-7-11(8-6-10)4-2-3-9-12/h3-8,12H,9H2,1H3. The minimum Gasteiger partial charge on any atom is -0.392 e. The van der Waals surface area contributed by atoms with Crippen molar-refractivity contribution >= 4 is 6.08 Å². The van der Waals surface area contributed by atoms with E-state index in [-0.39, 0.29) is 6.61 Å². The van der Waals surface area contributed by atoms with Gasteiger partial charge in [0, 0.05) is 0 Å². The van der Waals surface area contributed by atoms with Crippen molar-refractivity contribution in [1.82, 2.24) is 0 Å². The van der Waals surface area contributed by atoms with Crippen LogP contribution in [0.5, 0.6) is 0 Å². The molecular formula is C11H12O. The van der Waals surface area contributed by atoms with Crippen LogP contribution in [0, 0.1) is 6.92 Å². The Bertz CT molecular complexity index is 289. The first-order valence-electron chi connectivity index (χ1n) is 3.91. The van der Waals surface area contributed by atoms with E-state index in [0.717, 1.165) is 5.56 Å². The van der Waals surface area contributed by atoms with Crippen molar-refractivity contribution in [3.8, 4) is 0 Å². The minimum absolute atomic E-state index is 0.0440. The molecule has 1 N–H and O–H groups in total. The van der Waals surface area contributed by atoms with Gasteiger partial charge in [0.2, 0.25) is 0 Å². The van der Waals surface area contributed by atoms with Crippen molar-refractivity contribution < 1.29 is 5.11 Å². The van der Waals surface area contributed by atoms with E-state index < -0.39 is 0 Å². The molecule has 1 heteroatoms. The summed E-state index contributed by atoms with van der Waals surface area (Å²) in [7, 11) is 0. The molecule has 0 unspecified atom stereocenters. The maximum Gasteiger partial charge on any atom is 0.0686 e. The van der Waals surface area contributed by atoms with Crippen molar-refractivity contribution in [3.05, 3.63) is 47.2 Å². The largest absolute Gasteiger partial charge is 0.392 e. The highest BCUT2D eigenvalue weighted by Crippen LogP contribution is 2.03. The van der Waals surface area contributed by atoms with E-state index in [4.69, 9.17) is 5.11 Å². The van der Waals surface area contributed by atoms with Crippen LogP contribution in [0.4, 0.5) is 0 Å². The molecule has 0 aliphatic rings. The smallest absolute Gasteiger partial charge is 0.0686 e. The quantitative estimate of drug-likeness (QED) is 0.657. The predicted molar refractivity (Wildman–Crippen MR) is 50.8 cm³/mol. The molecule has 0 radical (unpaired) electrons. The van der Waals surface area contributed by atoms with E-state index in [1.54, 1.807) is 6.08 Å². The molecule has 0 fully saturated rings. The van der Waals surface area contributed by atoms with Crippen molar-refractivity contribution in [2.45, 2.75) is 6.92 Å². The number of hydrogen-bond donors (Lipinski definition) is 1. The van der Waals surface area contributed by atoms with Crippen LogP contribution in [0.1, 0.15) is 11.1 Å². The van der Waals surface area contributed by atoms with Gasteiger partial charge in [-0.15, -0.1) is 5.73 Å². The zero-order valence-electron chi connectivity index (χ0n) is 7.12. The first-order chi connectivity index (χ1) is 5.83. The molecule has 0 saturated heterocycles. The van der Waals surface area contributed by atoms with E-state index >= 15 is 0 Å². The molecule has 1 aromatic carbocycles. The third-order valence-electron chi connectivity index (χ3n) is 1.54. The van der Waals surface area contributed by atoms with E-state index in [0.29, 0.717) is 0 Å². The summed E-state index contributed by atoms with van der Waals surface area (Å²) in [6, 6.07) is 8.14. The Morgan fingerprint density at radius 2 is 2.00 bits per heavy atom. The average molecular weight is 160 g/mol. The first-order valence-corrected chi connectivity index (χ1v) is 3.91. The van der Waals surface area contributed by atoms with Crippen molar-refractivity contribution in [2.24, 2.45) is 0 Å². The molecule has 0 heterocycles. The fourth-order valence-electron chi connectivity index (χ4n) is 0.871. The van der Waals surface area contributed by atoms with E-state index in [9.17, 15) is 0 Å². The molecule has 62 valence electrons. The van der Waals surface area contributed by atoms with Gasteiger partial charge in [-0.1, -0.05) is 29.8 Å². The minimum atomic E-state index is 0.0440. The molecule has 0 amide bonds. The Labute approximate surface area is 72.7 Å². The SMILES string of the molecule is Cc1ccc(C=C=CCO)cc1. The van der Waals surface area contributed by atoms with Gasteiger partial charge in [0.25, 0.3) is 0 Å². The number of benzene rings is 1. The third kappa shape index (κ3) is 2.75. The number of aliphatic hydroxyl groups is 1. The Hall–Kier alpha value is -1.30. The van der Waals surface area contributed by atoms with Crippen molar-refractivity contribution in [3.63, 3.8) is 0 Å². The predicted octanol–water partition coefficient (Wildman–Crippen LogP) is 2.16. The second-order valence-corrected chi connectivity index (χ2v) is 2.61. The van der Waals surface area contributed by atoms with Crippen LogP contribution >= 0.6 is 0 Å². The molecule has 0 spiro atoms. The second kappa shape index (κ2) is 4.55. The molecule has 1 aromatic rings. The maximum atomic E-state index is 8.45. The van der Waals surface area contributed by atoms with Crippen LogP contribution in [0.2, 0.25) is 0 Å². The van der Waals surface area contributed by atoms with Gasteiger partial charge in [-0.3, -0.25) is 0 Å². The summed E-state index contributed by atoms with van der Waals surface area (Å²) < 4.78 is 0. The van der Waals surface area contributed by atoms with Gasteiger partial charge in [0.1, 0.15) is 0 Å². The topological polar surface area (TPSA) is 20.2 Å². The van der Waals surface area contributed by atoms with Gasteiger partial charge in [-0.05, 0) is 24.6 Å². The van der Waals surface area contributed by atoms with Crippen molar-refractivity contribution in [2.75, 3.05) is 6.61 Å². The monoisotopic (exact) mass is 160 g/mol. The Morgan fingerprint density at radius 3 is 2.58 bits per heavy atom. The fourth-order valence-corrected chi connectivity index (χ4v) is 0.871. The number of aryl methyl sites for hydroxylation is 1. The van der Waals surface area contributed by atoms with Crippen LogP contribution in [-0.4, -0.2) is 11.7 Å². The second-order valence-electron chi connectivity index (χ2n) is 2.61.